The highest BCUT2D eigenvalue weighted by molar-refractivity contribution is 5.89. The summed E-state index contributed by atoms with van der Waals surface area (Å²) < 4.78 is 11.1. The lowest BCUT2D eigenvalue weighted by molar-refractivity contribution is -0.213. The maximum absolute atomic E-state index is 13.0. The van der Waals surface area contributed by atoms with Gasteiger partial charge < -0.3 is 14.6 Å². The molecule has 4 aliphatic carbocycles. The lowest BCUT2D eigenvalue weighted by Crippen LogP contribution is -2.63. The van der Waals surface area contributed by atoms with Crippen LogP contribution in [0.5, 0.6) is 0 Å². The molecule has 9 atom stereocenters. The van der Waals surface area contributed by atoms with Crippen LogP contribution in [0, 0.1) is 39.9 Å². The minimum absolute atomic E-state index is 0.0210. The first-order valence-electron chi connectivity index (χ1n) is 11.3. The van der Waals surface area contributed by atoms with Crippen LogP contribution in [0.1, 0.15) is 73.6 Å². The number of hydrogen-bond acceptors (Lipinski definition) is 6. The summed E-state index contributed by atoms with van der Waals surface area (Å²) in [5, 5.41) is 12.1. The third-order valence-electron chi connectivity index (χ3n) is 9.51. The van der Waals surface area contributed by atoms with Gasteiger partial charge >= 0.3 is 11.9 Å². The van der Waals surface area contributed by atoms with Crippen LogP contribution in [0.25, 0.3) is 0 Å². The van der Waals surface area contributed by atoms with Gasteiger partial charge in [-0.25, -0.2) is 0 Å². The van der Waals surface area contributed by atoms with Crippen molar-refractivity contribution in [3.8, 4) is 0 Å². The fourth-order valence-corrected chi connectivity index (χ4v) is 7.66. The number of ketones is 1. The van der Waals surface area contributed by atoms with E-state index in [2.05, 4.69) is 20.8 Å². The van der Waals surface area contributed by atoms with Gasteiger partial charge in [0.05, 0.1) is 12.2 Å². The summed E-state index contributed by atoms with van der Waals surface area (Å²) in [6.45, 7) is 11.3. The number of carbonyl (C=O) groups excluding carboxylic acids is 3. The van der Waals surface area contributed by atoms with Crippen LogP contribution in [0.3, 0.4) is 0 Å². The van der Waals surface area contributed by atoms with Gasteiger partial charge in [0.1, 0.15) is 11.9 Å². The predicted octanol–water partition coefficient (Wildman–Crippen LogP) is 3.29. The normalized spacial score (nSPS) is 50.0. The van der Waals surface area contributed by atoms with Crippen LogP contribution in [-0.4, -0.2) is 41.1 Å². The first-order valence-corrected chi connectivity index (χ1v) is 11.3. The highest BCUT2D eigenvalue weighted by atomic mass is 16.5. The number of fused-ring (bicyclic) bond motifs is 5. The third kappa shape index (κ3) is 2.89. The summed E-state index contributed by atoms with van der Waals surface area (Å²) in [5.74, 6) is -0.311. The molecule has 168 valence electrons. The minimum Gasteiger partial charge on any atom is -0.465 e. The van der Waals surface area contributed by atoms with Crippen LogP contribution < -0.4 is 0 Å². The van der Waals surface area contributed by atoms with E-state index in [0.29, 0.717) is 19.3 Å². The number of carbonyl (C=O) groups is 3. The van der Waals surface area contributed by atoms with Gasteiger partial charge in [0, 0.05) is 37.0 Å². The molecule has 0 aromatic heterocycles. The van der Waals surface area contributed by atoms with Gasteiger partial charge in [-0.05, 0) is 48.9 Å². The van der Waals surface area contributed by atoms with Gasteiger partial charge in [0.25, 0.3) is 0 Å². The van der Waals surface area contributed by atoms with E-state index in [0.717, 1.165) is 12.8 Å². The second-order valence-electron chi connectivity index (χ2n) is 11.5. The molecule has 4 aliphatic rings. The number of aliphatic hydroxyl groups is 1. The molecular weight excluding hydrogens is 384 g/mol. The molecule has 1 unspecified atom stereocenters. The Morgan fingerprint density at radius 3 is 2.40 bits per heavy atom. The topological polar surface area (TPSA) is 89.9 Å². The van der Waals surface area contributed by atoms with Crippen molar-refractivity contribution in [3.63, 3.8) is 0 Å². The molecule has 0 aromatic rings. The summed E-state index contributed by atoms with van der Waals surface area (Å²) >= 11 is 0. The Kier molecular flexibility index (Phi) is 4.75. The summed E-state index contributed by atoms with van der Waals surface area (Å²) in [7, 11) is 0. The zero-order valence-corrected chi connectivity index (χ0v) is 19.1. The average molecular weight is 421 g/mol. The molecule has 6 nitrogen and oxygen atoms in total. The van der Waals surface area contributed by atoms with Gasteiger partial charge in [0.15, 0.2) is 0 Å². The number of ether oxygens (including phenoxy) is 2. The Labute approximate surface area is 179 Å². The summed E-state index contributed by atoms with van der Waals surface area (Å²) in [6, 6.07) is 0. The van der Waals surface area contributed by atoms with E-state index >= 15 is 0 Å². The molecule has 0 radical (unpaired) electrons. The molecule has 0 saturated heterocycles. The zero-order chi connectivity index (χ0) is 22.3. The van der Waals surface area contributed by atoms with Crippen molar-refractivity contribution in [1.82, 2.24) is 0 Å². The molecule has 1 N–H and O–H groups in total. The van der Waals surface area contributed by atoms with Gasteiger partial charge in [-0.2, -0.15) is 0 Å². The van der Waals surface area contributed by atoms with E-state index in [4.69, 9.17) is 9.47 Å². The molecule has 0 aromatic carbocycles. The maximum Gasteiger partial charge on any atom is 0.302 e. The van der Waals surface area contributed by atoms with E-state index in [1.807, 2.05) is 6.92 Å². The largest absolute Gasteiger partial charge is 0.465 e. The van der Waals surface area contributed by atoms with Gasteiger partial charge in [-0.3, -0.25) is 14.4 Å². The van der Waals surface area contributed by atoms with Crippen LogP contribution >= 0.6 is 0 Å². The fraction of sp³-hybridized carbons (Fsp3) is 0.875. The molecule has 4 rings (SSSR count). The van der Waals surface area contributed by atoms with Gasteiger partial charge in [0.2, 0.25) is 0 Å². The van der Waals surface area contributed by atoms with E-state index in [-0.39, 0.29) is 64.9 Å². The Morgan fingerprint density at radius 2 is 1.80 bits per heavy atom. The Balaban J connectivity index is 1.76. The van der Waals surface area contributed by atoms with Crippen molar-refractivity contribution in [3.05, 3.63) is 0 Å². The molecule has 30 heavy (non-hydrogen) atoms. The third-order valence-corrected chi connectivity index (χ3v) is 9.51. The number of hydrogen-bond donors (Lipinski definition) is 1. The first-order chi connectivity index (χ1) is 13.8. The van der Waals surface area contributed by atoms with Crippen molar-refractivity contribution in [2.24, 2.45) is 39.9 Å². The standard InChI is InChI=1S/C24H36O6/c1-13(12-29-14(2)25)24(28)8-7-21(4)11-18(30-15(3)26)23(6)10-17(27)22(5)9-16(22)19(23)20(21)24/h13,16,18-20,28H,7-12H2,1-6H3/t13?,16-,18-,19+,20+,21+,22-,23+,24-/m0/s1. The number of rotatable bonds is 4. The van der Waals surface area contributed by atoms with Crippen LogP contribution in [0.2, 0.25) is 0 Å². The summed E-state index contributed by atoms with van der Waals surface area (Å²) in [5.41, 5.74) is -1.95. The smallest absolute Gasteiger partial charge is 0.302 e. The van der Waals surface area contributed by atoms with E-state index < -0.39 is 11.0 Å². The first kappa shape index (κ1) is 21.8. The highest BCUT2D eigenvalue weighted by Crippen LogP contribution is 2.76. The Bertz CT molecular complexity index is 793. The maximum atomic E-state index is 13.0. The molecule has 0 aliphatic heterocycles. The monoisotopic (exact) mass is 420 g/mol. The summed E-state index contributed by atoms with van der Waals surface area (Å²) in [4.78, 5) is 36.4. The molecule has 4 fully saturated rings. The van der Waals surface area contributed by atoms with Crippen molar-refractivity contribution in [2.75, 3.05) is 6.61 Å². The lowest BCUT2D eigenvalue weighted by Gasteiger charge is -2.60. The fourth-order valence-electron chi connectivity index (χ4n) is 7.66. The number of Topliss-reactive ketones (excluding diaryl/α,β-unsaturated/α-hetero) is 1. The van der Waals surface area contributed by atoms with Crippen LogP contribution in [0.4, 0.5) is 0 Å². The van der Waals surface area contributed by atoms with Crippen molar-refractivity contribution in [1.29, 1.82) is 0 Å². The molecule has 0 spiro atoms. The van der Waals surface area contributed by atoms with Crippen molar-refractivity contribution < 1.29 is 29.0 Å². The molecule has 4 saturated carbocycles. The van der Waals surface area contributed by atoms with E-state index in [1.54, 1.807) is 0 Å². The molecule has 0 amide bonds. The van der Waals surface area contributed by atoms with Gasteiger partial charge in [-0.15, -0.1) is 0 Å². The Morgan fingerprint density at radius 1 is 1.13 bits per heavy atom. The minimum atomic E-state index is -0.971. The second-order valence-corrected chi connectivity index (χ2v) is 11.5. The average Bonchev–Trinajstić information content (AvgIpc) is 3.25. The van der Waals surface area contributed by atoms with E-state index in [9.17, 15) is 19.5 Å². The quantitative estimate of drug-likeness (QED) is 0.702. The Hall–Kier alpha value is -1.43. The molecule has 6 heteroatoms. The SMILES string of the molecule is CC(=O)OCC(C)[C@@]1(O)CC[C@]2(C)C[C@H](OC(C)=O)[C@@]3(C)CC(=O)[C@@]4(C)C[C@H]4[C@@H]3[C@H]21. The highest BCUT2D eigenvalue weighted by Gasteiger charge is 2.76. The van der Waals surface area contributed by atoms with E-state index in [1.165, 1.54) is 13.8 Å². The van der Waals surface area contributed by atoms with Crippen LogP contribution in [0.15, 0.2) is 0 Å². The van der Waals surface area contributed by atoms with Crippen molar-refractivity contribution in [2.45, 2.75) is 85.4 Å². The zero-order valence-electron chi connectivity index (χ0n) is 19.1. The predicted molar refractivity (Wildman–Crippen MR) is 109 cm³/mol. The van der Waals surface area contributed by atoms with Crippen molar-refractivity contribution >= 4 is 17.7 Å². The van der Waals surface area contributed by atoms with Crippen LogP contribution in [-0.2, 0) is 23.9 Å². The lowest BCUT2D eigenvalue weighted by atomic mass is 9.45. The molecule has 0 bridgehead atoms. The summed E-state index contributed by atoms with van der Waals surface area (Å²) in [6.07, 6.45) is 3.04. The van der Waals surface area contributed by atoms with Gasteiger partial charge in [-0.1, -0.05) is 27.7 Å². The molecular formula is C24H36O6. The number of esters is 2. The molecule has 0 heterocycles. The second kappa shape index (κ2) is 6.54.